The van der Waals surface area contributed by atoms with Crippen LogP contribution in [0.3, 0.4) is 0 Å². The Bertz CT molecular complexity index is 990. The van der Waals surface area contributed by atoms with E-state index in [1.54, 1.807) is 23.1 Å². The summed E-state index contributed by atoms with van der Waals surface area (Å²) < 4.78 is 4.57. The van der Waals surface area contributed by atoms with Gasteiger partial charge in [-0.1, -0.05) is 39.8 Å². The number of imidazole rings is 1. The second-order valence-corrected chi connectivity index (χ2v) is 7.96. The fourth-order valence-corrected chi connectivity index (χ4v) is 4.55. The topological polar surface area (TPSA) is 30.7 Å². The number of hydrogen-bond acceptors (Lipinski definition) is 4. The third-order valence-corrected chi connectivity index (χ3v) is 6.45. The van der Waals surface area contributed by atoms with Crippen LogP contribution in [0, 0.1) is 0 Å². The quantitative estimate of drug-likeness (QED) is 0.341. The second-order valence-electron chi connectivity index (χ2n) is 5.32. The molecule has 2 heterocycles. The molecule has 4 aromatic rings. The Balaban J connectivity index is 1.69. The van der Waals surface area contributed by atoms with E-state index in [1.807, 2.05) is 6.33 Å². The van der Waals surface area contributed by atoms with Gasteiger partial charge in [0.05, 0.1) is 27.6 Å². The van der Waals surface area contributed by atoms with Gasteiger partial charge in [-0.25, -0.2) is 9.97 Å². The third kappa shape index (κ3) is 2.91. The van der Waals surface area contributed by atoms with E-state index in [-0.39, 0.29) is 0 Å². The summed E-state index contributed by atoms with van der Waals surface area (Å²) >= 11 is 6.95. The maximum absolute atomic E-state index is 4.60. The molecule has 0 fully saturated rings. The van der Waals surface area contributed by atoms with Crippen LogP contribution >= 0.6 is 39.0 Å². The molecule has 2 aromatic heterocycles. The Morgan fingerprint density at radius 2 is 2.00 bits per heavy atom. The first-order valence-corrected chi connectivity index (χ1v) is 10.4. The number of rotatable bonds is 4. The molecule has 0 aliphatic heterocycles. The molecule has 0 radical (unpaired) electrons. The van der Waals surface area contributed by atoms with Crippen LogP contribution in [0.2, 0.25) is 0 Å². The molecule has 6 heteroatoms. The summed E-state index contributed by atoms with van der Waals surface area (Å²) in [5.74, 6) is 0. The first-order valence-electron chi connectivity index (χ1n) is 7.20. The van der Waals surface area contributed by atoms with Gasteiger partial charge in [-0.3, -0.25) is 0 Å². The van der Waals surface area contributed by atoms with Crippen LogP contribution in [0.4, 0.5) is 0 Å². The molecule has 0 saturated heterocycles. The SMILES string of the molecule is CSc1nc2ccc(Cn3cnc4cc(CBr)ccc43)cc2s1. The highest BCUT2D eigenvalue weighted by molar-refractivity contribution is 9.08. The van der Waals surface area contributed by atoms with Gasteiger partial charge in [0, 0.05) is 11.9 Å². The first kappa shape index (κ1) is 15.2. The van der Waals surface area contributed by atoms with Crippen LogP contribution in [0.15, 0.2) is 47.1 Å². The average Bonchev–Trinajstić information content (AvgIpc) is 3.17. The van der Waals surface area contributed by atoms with Crippen LogP contribution in [0.25, 0.3) is 21.3 Å². The van der Waals surface area contributed by atoms with Gasteiger partial charge in [-0.15, -0.1) is 11.3 Å². The van der Waals surface area contributed by atoms with Crippen molar-refractivity contribution in [3.63, 3.8) is 0 Å². The Kier molecular flexibility index (Phi) is 4.13. The van der Waals surface area contributed by atoms with Gasteiger partial charge in [-0.05, 0) is 41.6 Å². The van der Waals surface area contributed by atoms with E-state index in [2.05, 4.69) is 73.1 Å². The van der Waals surface area contributed by atoms with E-state index < -0.39 is 0 Å². The number of alkyl halides is 1. The number of halogens is 1. The predicted octanol–water partition coefficient (Wildman–Crippen LogP) is 5.31. The van der Waals surface area contributed by atoms with Crippen molar-refractivity contribution in [2.75, 3.05) is 6.26 Å². The molecule has 0 spiro atoms. The lowest BCUT2D eigenvalue weighted by Crippen LogP contribution is -1.97. The van der Waals surface area contributed by atoms with E-state index in [9.17, 15) is 0 Å². The normalized spacial score (nSPS) is 11.6. The number of fused-ring (bicyclic) bond motifs is 2. The third-order valence-electron chi connectivity index (χ3n) is 3.80. The summed E-state index contributed by atoms with van der Waals surface area (Å²) in [5, 5.41) is 0.857. The summed E-state index contributed by atoms with van der Waals surface area (Å²) in [5.41, 5.74) is 5.83. The fourth-order valence-electron chi connectivity index (χ4n) is 2.65. The monoisotopic (exact) mass is 403 g/mol. The number of thioether (sulfide) groups is 1. The maximum atomic E-state index is 4.60. The first-order chi connectivity index (χ1) is 11.3. The predicted molar refractivity (Wildman–Crippen MR) is 103 cm³/mol. The van der Waals surface area contributed by atoms with Crippen molar-refractivity contribution in [2.45, 2.75) is 16.2 Å². The molecule has 23 heavy (non-hydrogen) atoms. The molecule has 0 amide bonds. The van der Waals surface area contributed by atoms with Crippen LogP contribution in [-0.4, -0.2) is 20.8 Å². The Morgan fingerprint density at radius 3 is 2.83 bits per heavy atom. The molecule has 0 aliphatic rings. The summed E-state index contributed by atoms with van der Waals surface area (Å²) in [6.45, 7) is 0.826. The van der Waals surface area contributed by atoms with Gasteiger partial charge in [0.25, 0.3) is 0 Å². The molecule has 0 saturated carbocycles. The zero-order valence-electron chi connectivity index (χ0n) is 12.5. The number of nitrogens with zero attached hydrogens (tertiary/aromatic N) is 3. The number of aromatic nitrogens is 3. The van der Waals surface area contributed by atoms with Crippen molar-refractivity contribution in [2.24, 2.45) is 0 Å². The van der Waals surface area contributed by atoms with Gasteiger partial charge in [-0.2, -0.15) is 0 Å². The highest BCUT2D eigenvalue weighted by atomic mass is 79.9. The molecule has 3 nitrogen and oxygen atoms in total. The van der Waals surface area contributed by atoms with Gasteiger partial charge >= 0.3 is 0 Å². The minimum Gasteiger partial charge on any atom is -0.326 e. The van der Waals surface area contributed by atoms with Gasteiger partial charge < -0.3 is 4.57 Å². The highest BCUT2D eigenvalue weighted by Crippen LogP contribution is 2.29. The van der Waals surface area contributed by atoms with E-state index in [1.165, 1.54) is 21.3 Å². The minimum absolute atomic E-state index is 0.826. The van der Waals surface area contributed by atoms with Crippen LogP contribution < -0.4 is 0 Å². The van der Waals surface area contributed by atoms with E-state index in [4.69, 9.17) is 0 Å². The number of benzene rings is 2. The maximum Gasteiger partial charge on any atom is 0.150 e. The van der Waals surface area contributed by atoms with Crippen molar-refractivity contribution in [1.29, 1.82) is 0 Å². The van der Waals surface area contributed by atoms with Crippen molar-refractivity contribution in [3.8, 4) is 0 Å². The van der Waals surface area contributed by atoms with E-state index in [0.717, 1.165) is 27.2 Å². The Hall–Kier alpha value is -1.37. The fraction of sp³-hybridized carbons (Fsp3) is 0.176. The van der Waals surface area contributed by atoms with Crippen molar-refractivity contribution < 1.29 is 0 Å². The van der Waals surface area contributed by atoms with E-state index in [0.29, 0.717) is 0 Å². The van der Waals surface area contributed by atoms with E-state index >= 15 is 0 Å². The second kappa shape index (κ2) is 6.26. The molecule has 116 valence electrons. The number of thiazole rings is 1. The zero-order chi connectivity index (χ0) is 15.8. The zero-order valence-corrected chi connectivity index (χ0v) is 15.7. The van der Waals surface area contributed by atoms with Gasteiger partial charge in [0.15, 0.2) is 4.34 Å². The molecule has 0 atom stereocenters. The van der Waals surface area contributed by atoms with Crippen LogP contribution in [0.5, 0.6) is 0 Å². The lowest BCUT2D eigenvalue weighted by Gasteiger charge is -2.05. The molecule has 4 rings (SSSR count). The summed E-state index contributed by atoms with van der Waals surface area (Å²) in [6, 6.07) is 12.9. The molecule has 0 bridgehead atoms. The van der Waals surface area contributed by atoms with Gasteiger partial charge in [0.1, 0.15) is 0 Å². The number of hydrogen-bond donors (Lipinski definition) is 0. The van der Waals surface area contributed by atoms with Crippen molar-refractivity contribution in [3.05, 3.63) is 53.9 Å². The minimum atomic E-state index is 0.826. The Morgan fingerprint density at radius 1 is 1.13 bits per heavy atom. The van der Waals surface area contributed by atoms with Crippen molar-refractivity contribution in [1.82, 2.24) is 14.5 Å². The molecule has 0 aliphatic carbocycles. The molecular formula is C17H14BrN3S2. The molecule has 2 aromatic carbocycles. The summed E-state index contributed by atoms with van der Waals surface area (Å²) in [6.07, 6.45) is 3.99. The largest absolute Gasteiger partial charge is 0.326 e. The van der Waals surface area contributed by atoms with Gasteiger partial charge in [0.2, 0.25) is 0 Å². The van der Waals surface area contributed by atoms with Crippen LogP contribution in [-0.2, 0) is 11.9 Å². The molecule has 0 N–H and O–H groups in total. The standard InChI is InChI=1S/C17H14BrN3S2/c1-22-17-20-13-4-2-12(7-16(13)23-17)9-21-10-19-14-6-11(8-18)3-5-15(14)21/h2-7,10H,8-9H2,1H3. The van der Waals surface area contributed by atoms with Crippen LogP contribution in [0.1, 0.15) is 11.1 Å². The van der Waals surface area contributed by atoms with Crippen molar-refractivity contribution >= 4 is 60.3 Å². The lowest BCUT2D eigenvalue weighted by molar-refractivity contribution is 0.826. The average molecular weight is 404 g/mol. The lowest BCUT2D eigenvalue weighted by atomic mass is 10.2. The molecular weight excluding hydrogens is 390 g/mol. The Labute approximate surface area is 150 Å². The summed E-state index contributed by atoms with van der Waals surface area (Å²) in [4.78, 5) is 9.13. The molecule has 0 unspecified atom stereocenters. The summed E-state index contributed by atoms with van der Waals surface area (Å²) in [7, 11) is 0. The smallest absolute Gasteiger partial charge is 0.150 e. The highest BCUT2D eigenvalue weighted by Gasteiger charge is 2.07.